The zero-order valence-electron chi connectivity index (χ0n) is 21.9. The molecule has 1 nitrogen and oxygen atoms in total. The lowest BCUT2D eigenvalue weighted by molar-refractivity contribution is 0.225. The Morgan fingerprint density at radius 3 is 1.29 bits per heavy atom. The second-order valence-corrected chi connectivity index (χ2v) is 9.69. The van der Waals surface area contributed by atoms with Gasteiger partial charge in [-0.25, -0.2) is 0 Å². The zero-order chi connectivity index (χ0) is 23.6. The van der Waals surface area contributed by atoms with E-state index in [1.54, 1.807) is 0 Å². The molecule has 1 N–H and O–H groups in total. The summed E-state index contributed by atoms with van der Waals surface area (Å²) in [6, 6.07) is 0. The SMILES string of the molecule is CC(C)=CCCC(C)=CCCC(C)=CCC(O)C=C(C)CCC=C(C)CCC=C(C)C. The summed E-state index contributed by atoms with van der Waals surface area (Å²) < 4.78 is 0. The fourth-order valence-corrected chi connectivity index (χ4v) is 3.38. The minimum atomic E-state index is -0.376. The summed E-state index contributed by atoms with van der Waals surface area (Å²) >= 11 is 0. The van der Waals surface area contributed by atoms with Crippen LogP contribution in [0.1, 0.15) is 113 Å². The van der Waals surface area contributed by atoms with E-state index in [2.05, 4.69) is 85.8 Å². The topological polar surface area (TPSA) is 20.2 Å². The molecule has 31 heavy (non-hydrogen) atoms. The van der Waals surface area contributed by atoms with Gasteiger partial charge in [0.15, 0.2) is 0 Å². The van der Waals surface area contributed by atoms with Crippen molar-refractivity contribution in [2.24, 2.45) is 0 Å². The van der Waals surface area contributed by atoms with E-state index in [0.29, 0.717) is 6.42 Å². The largest absolute Gasteiger partial charge is 0.389 e. The average Bonchev–Trinajstić information content (AvgIpc) is 2.65. The number of rotatable bonds is 15. The fraction of sp³-hybridized carbons (Fsp3) is 0.600. The molecular formula is C30H50O. The molecule has 0 aliphatic carbocycles. The average molecular weight is 427 g/mol. The maximum Gasteiger partial charge on any atom is 0.0757 e. The maximum absolute atomic E-state index is 10.3. The van der Waals surface area contributed by atoms with Crippen molar-refractivity contribution in [3.8, 4) is 0 Å². The molecule has 1 heteroatoms. The Morgan fingerprint density at radius 2 is 0.871 bits per heavy atom. The fourth-order valence-electron chi connectivity index (χ4n) is 3.38. The third-order valence-electron chi connectivity index (χ3n) is 5.43. The molecule has 0 aromatic carbocycles. The third kappa shape index (κ3) is 20.1. The second kappa shape index (κ2) is 18.0. The summed E-state index contributed by atoms with van der Waals surface area (Å²) in [5, 5.41) is 10.3. The van der Waals surface area contributed by atoms with E-state index in [9.17, 15) is 5.11 Å². The van der Waals surface area contributed by atoms with Crippen LogP contribution >= 0.6 is 0 Å². The van der Waals surface area contributed by atoms with E-state index in [4.69, 9.17) is 0 Å². The van der Waals surface area contributed by atoms with Crippen LogP contribution in [0.2, 0.25) is 0 Å². The highest BCUT2D eigenvalue weighted by Crippen LogP contribution is 2.15. The molecule has 0 aliphatic rings. The summed E-state index contributed by atoms with van der Waals surface area (Å²) in [6.07, 6.45) is 22.7. The molecule has 0 radical (unpaired) electrons. The van der Waals surface area contributed by atoms with Gasteiger partial charge in [-0.15, -0.1) is 0 Å². The Hall–Kier alpha value is -1.60. The molecule has 0 aliphatic heterocycles. The molecule has 0 aromatic rings. The molecule has 0 amide bonds. The molecule has 0 bridgehead atoms. The number of hydrogen-bond acceptors (Lipinski definition) is 1. The molecule has 0 fully saturated rings. The summed E-state index contributed by atoms with van der Waals surface area (Å²) in [6.45, 7) is 17.4. The summed E-state index contributed by atoms with van der Waals surface area (Å²) in [5.41, 5.74) is 8.38. The van der Waals surface area contributed by atoms with Gasteiger partial charge >= 0.3 is 0 Å². The van der Waals surface area contributed by atoms with E-state index in [0.717, 1.165) is 51.4 Å². The molecule has 1 unspecified atom stereocenters. The number of allylic oxidation sites excluding steroid dienone is 10. The highest BCUT2D eigenvalue weighted by Gasteiger charge is 2.00. The van der Waals surface area contributed by atoms with Gasteiger partial charge in [0.2, 0.25) is 0 Å². The van der Waals surface area contributed by atoms with Gasteiger partial charge in [0.05, 0.1) is 6.10 Å². The summed E-state index contributed by atoms with van der Waals surface area (Å²) in [7, 11) is 0. The van der Waals surface area contributed by atoms with Gasteiger partial charge < -0.3 is 5.11 Å². The Labute approximate surface area is 194 Å². The first-order valence-electron chi connectivity index (χ1n) is 12.2. The predicted octanol–water partition coefficient (Wildman–Crippen LogP) is 9.58. The predicted molar refractivity (Wildman–Crippen MR) is 141 cm³/mol. The van der Waals surface area contributed by atoms with Gasteiger partial charge in [-0.05, 0) is 113 Å². The van der Waals surface area contributed by atoms with Crippen molar-refractivity contribution < 1.29 is 5.11 Å². The molecule has 0 saturated carbocycles. The molecule has 0 spiro atoms. The quantitative estimate of drug-likeness (QED) is 0.258. The highest BCUT2D eigenvalue weighted by molar-refractivity contribution is 5.10. The van der Waals surface area contributed by atoms with Crippen molar-refractivity contribution in [1.29, 1.82) is 0 Å². The Kier molecular flexibility index (Phi) is 17.1. The first kappa shape index (κ1) is 29.4. The van der Waals surface area contributed by atoms with Gasteiger partial charge in [-0.1, -0.05) is 69.9 Å². The molecule has 0 heterocycles. The first-order chi connectivity index (χ1) is 14.6. The Balaban J connectivity index is 4.25. The maximum atomic E-state index is 10.3. The van der Waals surface area contributed by atoms with Crippen LogP contribution in [0.3, 0.4) is 0 Å². The monoisotopic (exact) mass is 426 g/mol. The van der Waals surface area contributed by atoms with Crippen molar-refractivity contribution in [3.63, 3.8) is 0 Å². The van der Waals surface area contributed by atoms with E-state index in [-0.39, 0.29) is 6.10 Å². The van der Waals surface area contributed by atoms with Crippen LogP contribution in [0.4, 0.5) is 0 Å². The van der Waals surface area contributed by atoms with Crippen molar-refractivity contribution in [2.45, 2.75) is 119 Å². The minimum Gasteiger partial charge on any atom is -0.389 e. The molecule has 0 aromatic heterocycles. The van der Waals surface area contributed by atoms with Crippen LogP contribution in [0, 0.1) is 0 Å². The normalized spacial score (nSPS) is 14.5. The van der Waals surface area contributed by atoms with Crippen molar-refractivity contribution in [2.75, 3.05) is 0 Å². The van der Waals surface area contributed by atoms with E-state index in [1.165, 1.54) is 33.4 Å². The van der Waals surface area contributed by atoms with Crippen LogP contribution in [-0.4, -0.2) is 11.2 Å². The number of aliphatic hydroxyl groups is 1. The third-order valence-corrected chi connectivity index (χ3v) is 5.43. The van der Waals surface area contributed by atoms with Crippen molar-refractivity contribution in [1.82, 2.24) is 0 Å². The highest BCUT2D eigenvalue weighted by atomic mass is 16.3. The number of hydrogen-bond donors (Lipinski definition) is 1. The molecule has 0 rings (SSSR count). The number of aliphatic hydroxyl groups excluding tert-OH is 1. The summed E-state index contributed by atoms with van der Waals surface area (Å²) in [5.74, 6) is 0. The lowest BCUT2D eigenvalue weighted by Crippen LogP contribution is -2.01. The van der Waals surface area contributed by atoms with Crippen LogP contribution in [-0.2, 0) is 0 Å². The van der Waals surface area contributed by atoms with Gasteiger partial charge in [0.1, 0.15) is 0 Å². The molecule has 176 valence electrons. The van der Waals surface area contributed by atoms with E-state index < -0.39 is 0 Å². The van der Waals surface area contributed by atoms with Gasteiger partial charge in [-0.3, -0.25) is 0 Å². The minimum absolute atomic E-state index is 0.376. The summed E-state index contributed by atoms with van der Waals surface area (Å²) in [4.78, 5) is 0. The van der Waals surface area contributed by atoms with E-state index in [1.807, 2.05) is 6.08 Å². The Bertz CT molecular complexity index is 671. The Morgan fingerprint density at radius 1 is 0.516 bits per heavy atom. The lowest BCUT2D eigenvalue weighted by Gasteiger charge is -2.07. The van der Waals surface area contributed by atoms with Crippen LogP contribution in [0.15, 0.2) is 69.9 Å². The molecule has 0 saturated heterocycles. The van der Waals surface area contributed by atoms with Crippen LogP contribution in [0.5, 0.6) is 0 Å². The van der Waals surface area contributed by atoms with Crippen LogP contribution < -0.4 is 0 Å². The molecular weight excluding hydrogens is 376 g/mol. The zero-order valence-corrected chi connectivity index (χ0v) is 21.9. The van der Waals surface area contributed by atoms with Gasteiger partial charge in [0, 0.05) is 0 Å². The van der Waals surface area contributed by atoms with Crippen molar-refractivity contribution in [3.05, 3.63) is 69.9 Å². The van der Waals surface area contributed by atoms with Crippen LogP contribution in [0.25, 0.3) is 0 Å². The second-order valence-electron chi connectivity index (χ2n) is 9.69. The van der Waals surface area contributed by atoms with Crippen molar-refractivity contribution >= 4 is 0 Å². The van der Waals surface area contributed by atoms with Gasteiger partial charge in [-0.2, -0.15) is 0 Å². The van der Waals surface area contributed by atoms with E-state index >= 15 is 0 Å². The standard InChI is InChI=1S/C30H50O/c1-24(2)13-9-15-26(5)17-11-19-28(7)21-22-30(31)23-29(8)20-12-18-27(6)16-10-14-25(3)4/h13-14,17-18,21,23,30-31H,9-12,15-16,19-20,22H2,1-8H3. The smallest absolute Gasteiger partial charge is 0.0757 e. The first-order valence-corrected chi connectivity index (χ1v) is 12.2. The molecule has 1 atom stereocenters. The lowest BCUT2D eigenvalue weighted by atomic mass is 10.0. The van der Waals surface area contributed by atoms with Gasteiger partial charge in [0.25, 0.3) is 0 Å².